The van der Waals surface area contributed by atoms with E-state index in [0.29, 0.717) is 11.1 Å². The molecule has 0 amide bonds. The molecule has 0 bridgehead atoms. The quantitative estimate of drug-likeness (QED) is 0.193. The maximum Gasteiger partial charge on any atom is 0.387 e. The number of aromatic carboxylic acids is 1. The molecule has 1 N–H and O–H groups in total. The number of carbonyl (C=O) groups excluding carboxylic acids is 1. The number of alkyl halides is 2. The summed E-state index contributed by atoms with van der Waals surface area (Å²) in [5, 5.41) is 8.57. The Morgan fingerprint density at radius 2 is 1.79 bits per heavy atom. The fourth-order valence-corrected chi connectivity index (χ4v) is 8.40. The Morgan fingerprint density at radius 3 is 2.43 bits per heavy atom. The van der Waals surface area contributed by atoms with Crippen LogP contribution >= 0.6 is 35.0 Å². The Hall–Kier alpha value is -3.37. The lowest BCUT2D eigenvalue weighted by molar-refractivity contribution is -0.150. The van der Waals surface area contributed by atoms with Crippen LogP contribution in [0.1, 0.15) is 40.4 Å². The predicted octanol–water partition coefficient (Wildman–Crippen LogP) is 6.08. The fourth-order valence-electron chi connectivity index (χ4n) is 4.80. The molecule has 2 aliphatic rings. The maximum atomic E-state index is 13.8. The highest BCUT2D eigenvalue weighted by molar-refractivity contribution is 8.02. The summed E-state index contributed by atoms with van der Waals surface area (Å²) in [6, 6.07) is 7.48. The fraction of sp³-hybridized carbons (Fsp3) is 0.367. The minimum absolute atomic E-state index is 0.0101. The second kappa shape index (κ2) is 14.8. The lowest BCUT2D eigenvalue weighted by atomic mass is 10.0. The largest absolute Gasteiger partial charge is 0.496 e. The molecule has 1 saturated heterocycles. The standard InChI is InChI=1S/C30H28Cl2F2N2O9S2/c1-42-23-7-5-18(11-20(23)28(37)38)47(40,41)36-8-9-46-27(36)29(39)44-25(12-19-21(31)13-35-14-22(19)32)17-4-6-24(45-30(33)34)26(10-17)43-15-16-2-3-16/h4-7,10-11,13-14,16,25,27,30H,2-3,8-9,12,15H2,1H3,(H,37,38). The predicted molar refractivity (Wildman–Crippen MR) is 168 cm³/mol. The van der Waals surface area contributed by atoms with E-state index in [0.717, 1.165) is 35.0 Å². The molecule has 2 unspecified atom stereocenters. The molecule has 3 aromatic rings. The third-order valence-electron chi connectivity index (χ3n) is 7.39. The molecule has 5 rings (SSSR count). The normalized spacial score (nSPS) is 17.4. The summed E-state index contributed by atoms with van der Waals surface area (Å²) >= 11 is 13.8. The molecule has 1 aliphatic heterocycles. The zero-order chi connectivity index (χ0) is 33.9. The highest BCUT2D eigenvalue weighted by Crippen LogP contribution is 2.39. The number of benzene rings is 2. The van der Waals surface area contributed by atoms with E-state index in [9.17, 15) is 31.9 Å². The van der Waals surface area contributed by atoms with E-state index in [1.165, 1.54) is 49.8 Å². The highest BCUT2D eigenvalue weighted by atomic mass is 35.5. The van der Waals surface area contributed by atoms with Crippen molar-refractivity contribution in [3.8, 4) is 17.2 Å². The Morgan fingerprint density at radius 1 is 1.09 bits per heavy atom. The molecular weight excluding hydrogens is 705 g/mol. The van der Waals surface area contributed by atoms with Gasteiger partial charge in [0.1, 0.15) is 17.4 Å². The molecule has 1 aromatic heterocycles. The van der Waals surface area contributed by atoms with Crippen LogP contribution in [0.2, 0.25) is 10.0 Å². The smallest absolute Gasteiger partial charge is 0.387 e. The van der Waals surface area contributed by atoms with Gasteiger partial charge in [-0.1, -0.05) is 29.3 Å². The van der Waals surface area contributed by atoms with Crippen LogP contribution in [0.4, 0.5) is 8.78 Å². The SMILES string of the molecule is COc1ccc(S(=O)(=O)N2CCSC2C(=O)OC(Cc2c(Cl)cncc2Cl)c2ccc(OC(F)F)c(OCC3CC3)c2)cc1C(=O)O. The summed E-state index contributed by atoms with van der Waals surface area (Å²) in [6.45, 7) is -2.90. The highest BCUT2D eigenvalue weighted by Gasteiger charge is 2.42. The van der Waals surface area contributed by atoms with Gasteiger partial charge in [-0.25, -0.2) is 18.0 Å². The number of nitrogens with zero attached hydrogens (tertiary/aromatic N) is 2. The Bertz CT molecular complexity index is 1740. The summed E-state index contributed by atoms with van der Waals surface area (Å²) in [6.07, 6.45) is 3.36. The minimum atomic E-state index is -4.39. The average Bonchev–Trinajstić information content (AvgIpc) is 3.72. The topological polar surface area (TPSA) is 142 Å². The van der Waals surface area contributed by atoms with E-state index in [-0.39, 0.29) is 69.0 Å². The summed E-state index contributed by atoms with van der Waals surface area (Å²) in [5.74, 6) is -2.04. The first-order chi connectivity index (χ1) is 22.4. The van der Waals surface area contributed by atoms with Gasteiger partial charge in [0.2, 0.25) is 10.0 Å². The van der Waals surface area contributed by atoms with E-state index in [4.69, 9.17) is 37.4 Å². The van der Waals surface area contributed by atoms with Crippen molar-refractivity contribution in [2.24, 2.45) is 5.92 Å². The van der Waals surface area contributed by atoms with Gasteiger partial charge in [0.25, 0.3) is 0 Å². The van der Waals surface area contributed by atoms with Gasteiger partial charge in [-0.15, -0.1) is 11.8 Å². The van der Waals surface area contributed by atoms with Crippen LogP contribution in [0.3, 0.4) is 0 Å². The maximum absolute atomic E-state index is 13.8. The number of hydrogen-bond donors (Lipinski definition) is 1. The van der Waals surface area contributed by atoms with Gasteiger partial charge < -0.3 is 24.1 Å². The second-order valence-corrected chi connectivity index (χ2v) is 14.4. The van der Waals surface area contributed by atoms with Crippen LogP contribution in [0.25, 0.3) is 0 Å². The first-order valence-electron chi connectivity index (χ1n) is 14.1. The van der Waals surface area contributed by atoms with Crippen molar-refractivity contribution >= 4 is 56.9 Å². The van der Waals surface area contributed by atoms with E-state index in [2.05, 4.69) is 9.72 Å². The van der Waals surface area contributed by atoms with Gasteiger partial charge in [0.05, 0.1) is 28.7 Å². The number of rotatable bonds is 14. The third-order valence-corrected chi connectivity index (χ3v) is 11.2. The molecule has 47 heavy (non-hydrogen) atoms. The van der Waals surface area contributed by atoms with Crippen molar-refractivity contribution < 1.29 is 50.8 Å². The summed E-state index contributed by atoms with van der Waals surface area (Å²) in [7, 11) is -3.13. The molecule has 1 aliphatic carbocycles. The lowest BCUT2D eigenvalue weighted by Gasteiger charge is -2.26. The summed E-state index contributed by atoms with van der Waals surface area (Å²) in [5.41, 5.74) is 0.315. The van der Waals surface area contributed by atoms with Gasteiger partial charge in [0.15, 0.2) is 16.9 Å². The Kier molecular flexibility index (Phi) is 11.0. The van der Waals surface area contributed by atoms with E-state index in [1.54, 1.807) is 0 Å². The molecule has 2 atom stereocenters. The van der Waals surface area contributed by atoms with Crippen LogP contribution in [-0.4, -0.2) is 72.8 Å². The van der Waals surface area contributed by atoms with E-state index in [1.807, 2.05) is 0 Å². The zero-order valence-electron chi connectivity index (χ0n) is 24.6. The number of sulfonamides is 1. The summed E-state index contributed by atoms with van der Waals surface area (Å²) in [4.78, 5) is 29.1. The third kappa shape index (κ3) is 8.20. The first-order valence-corrected chi connectivity index (χ1v) is 17.4. The molecule has 2 heterocycles. The zero-order valence-corrected chi connectivity index (χ0v) is 27.8. The van der Waals surface area contributed by atoms with Crippen LogP contribution < -0.4 is 14.2 Å². The lowest BCUT2D eigenvalue weighted by Crippen LogP contribution is -2.40. The number of carboxylic acids is 1. The monoisotopic (exact) mass is 732 g/mol. The number of hydrogen-bond acceptors (Lipinski definition) is 10. The molecule has 1 saturated carbocycles. The van der Waals surface area contributed by atoms with Crippen molar-refractivity contribution in [3.05, 3.63) is 75.5 Å². The molecule has 252 valence electrons. The number of carbonyl (C=O) groups is 2. The molecule has 17 heteroatoms. The molecule has 11 nitrogen and oxygen atoms in total. The number of esters is 1. The van der Waals surface area contributed by atoms with Crippen LogP contribution in [0.5, 0.6) is 17.2 Å². The van der Waals surface area contributed by atoms with Gasteiger partial charge >= 0.3 is 18.6 Å². The molecule has 0 radical (unpaired) electrons. The van der Waals surface area contributed by atoms with Crippen molar-refractivity contribution in [2.45, 2.75) is 42.2 Å². The number of carboxylic acid groups (broad SMARTS) is 1. The minimum Gasteiger partial charge on any atom is -0.496 e. The number of pyridine rings is 1. The molecule has 0 spiro atoms. The van der Waals surface area contributed by atoms with Crippen molar-refractivity contribution in [1.82, 2.24) is 9.29 Å². The first kappa shape index (κ1) is 35.0. The summed E-state index contributed by atoms with van der Waals surface area (Å²) < 4.78 is 76.1. The van der Waals surface area contributed by atoms with Crippen LogP contribution in [0, 0.1) is 5.92 Å². The van der Waals surface area contributed by atoms with Crippen molar-refractivity contribution in [3.63, 3.8) is 0 Å². The van der Waals surface area contributed by atoms with Crippen molar-refractivity contribution in [2.75, 3.05) is 26.0 Å². The van der Waals surface area contributed by atoms with Crippen LogP contribution in [0.15, 0.2) is 53.7 Å². The second-order valence-electron chi connectivity index (χ2n) is 10.6. The molecule has 2 fully saturated rings. The Labute approximate surface area is 283 Å². The number of methoxy groups -OCH3 is 1. The average molecular weight is 734 g/mol. The molecular formula is C30H28Cl2F2N2O9S2. The molecule has 2 aromatic carbocycles. The number of ether oxygens (including phenoxy) is 4. The number of thioether (sulfide) groups is 1. The number of aromatic nitrogens is 1. The van der Waals surface area contributed by atoms with Gasteiger partial charge in [-0.3, -0.25) is 4.98 Å². The van der Waals surface area contributed by atoms with E-state index >= 15 is 0 Å². The Balaban J connectivity index is 1.47. The van der Waals surface area contributed by atoms with Gasteiger partial charge in [-0.05, 0) is 60.2 Å². The van der Waals surface area contributed by atoms with Crippen LogP contribution in [-0.2, 0) is 26.0 Å². The van der Waals surface area contributed by atoms with E-state index < -0.39 is 40.1 Å². The van der Waals surface area contributed by atoms with Gasteiger partial charge in [0, 0.05) is 31.1 Å². The van der Waals surface area contributed by atoms with Crippen molar-refractivity contribution in [1.29, 1.82) is 0 Å². The number of halogens is 4. The van der Waals surface area contributed by atoms with Gasteiger partial charge in [-0.2, -0.15) is 13.1 Å².